The summed E-state index contributed by atoms with van der Waals surface area (Å²) in [5, 5.41) is 3.41. The third-order valence-corrected chi connectivity index (χ3v) is 4.23. The van der Waals surface area contributed by atoms with Crippen LogP contribution in [0.2, 0.25) is 0 Å². The van der Waals surface area contributed by atoms with Gasteiger partial charge in [-0.15, -0.1) is 0 Å². The lowest BCUT2D eigenvalue weighted by Gasteiger charge is -2.31. The molecule has 1 aliphatic heterocycles. The molecular weight excluding hydrogens is 252 g/mol. The number of carbonyl (C=O) groups is 1. The molecule has 3 N–H and O–H groups in total. The number of carbonyl (C=O) groups excluding carboxylic acids is 1. The molecule has 1 amide bonds. The second kappa shape index (κ2) is 5.79. The van der Waals surface area contributed by atoms with Gasteiger partial charge in [0.2, 0.25) is 5.91 Å². The standard InChI is InChI=1S/C15H22N4O/c16-15(20)12-1-4-14(18-9-12)19(13-2-3-13)10-11-5-7-17-8-6-11/h1,4,9,11,13,17H,2-3,5-8,10H2,(H2,16,20). The van der Waals surface area contributed by atoms with Crippen LogP contribution >= 0.6 is 0 Å². The van der Waals surface area contributed by atoms with E-state index in [2.05, 4.69) is 15.2 Å². The lowest BCUT2D eigenvalue weighted by atomic mass is 9.97. The molecule has 0 radical (unpaired) electrons. The van der Waals surface area contributed by atoms with Crippen molar-refractivity contribution in [1.82, 2.24) is 10.3 Å². The minimum atomic E-state index is -0.416. The van der Waals surface area contributed by atoms with Gasteiger partial charge >= 0.3 is 0 Å². The minimum Gasteiger partial charge on any atom is -0.366 e. The van der Waals surface area contributed by atoms with Gasteiger partial charge in [0.15, 0.2) is 0 Å². The van der Waals surface area contributed by atoms with Crippen LogP contribution in [0.4, 0.5) is 5.82 Å². The van der Waals surface area contributed by atoms with Gasteiger partial charge in [0.05, 0.1) is 5.56 Å². The molecule has 1 aromatic heterocycles. The van der Waals surface area contributed by atoms with Crippen LogP contribution in [-0.4, -0.2) is 36.6 Å². The maximum absolute atomic E-state index is 11.1. The van der Waals surface area contributed by atoms with Gasteiger partial charge in [0, 0.05) is 18.8 Å². The first-order valence-electron chi connectivity index (χ1n) is 7.47. The highest BCUT2D eigenvalue weighted by Gasteiger charge is 2.31. The van der Waals surface area contributed by atoms with Crippen molar-refractivity contribution in [2.24, 2.45) is 11.7 Å². The number of hydrogen-bond donors (Lipinski definition) is 2. The quantitative estimate of drug-likeness (QED) is 0.845. The maximum Gasteiger partial charge on any atom is 0.250 e. The van der Waals surface area contributed by atoms with Gasteiger partial charge in [0.25, 0.3) is 0 Å². The molecular formula is C15H22N4O. The highest BCUT2D eigenvalue weighted by Crippen LogP contribution is 2.32. The summed E-state index contributed by atoms with van der Waals surface area (Å²) in [7, 11) is 0. The number of primary amides is 1. The number of anilines is 1. The Hall–Kier alpha value is -1.62. The average molecular weight is 274 g/mol. The van der Waals surface area contributed by atoms with E-state index in [0.717, 1.165) is 31.4 Å². The molecule has 5 nitrogen and oxygen atoms in total. The topological polar surface area (TPSA) is 71.2 Å². The van der Waals surface area contributed by atoms with Crippen molar-refractivity contribution in [3.8, 4) is 0 Å². The molecule has 0 spiro atoms. The van der Waals surface area contributed by atoms with E-state index < -0.39 is 5.91 Å². The number of nitrogens with one attached hydrogen (secondary N) is 1. The Bertz CT molecular complexity index is 463. The number of aromatic nitrogens is 1. The summed E-state index contributed by atoms with van der Waals surface area (Å²) in [4.78, 5) is 18.0. The Morgan fingerprint density at radius 3 is 2.60 bits per heavy atom. The van der Waals surface area contributed by atoms with Crippen molar-refractivity contribution in [3.05, 3.63) is 23.9 Å². The zero-order valence-corrected chi connectivity index (χ0v) is 11.7. The lowest BCUT2D eigenvalue weighted by molar-refractivity contribution is 0.1000. The molecule has 5 heteroatoms. The summed E-state index contributed by atoms with van der Waals surface area (Å²) in [6.45, 7) is 3.32. The van der Waals surface area contributed by atoms with Gasteiger partial charge in [-0.05, 0) is 56.8 Å². The maximum atomic E-state index is 11.1. The monoisotopic (exact) mass is 274 g/mol. The Morgan fingerprint density at radius 2 is 2.05 bits per heavy atom. The SMILES string of the molecule is NC(=O)c1ccc(N(CC2CCNCC2)C2CC2)nc1. The van der Waals surface area contributed by atoms with E-state index in [-0.39, 0.29) is 0 Å². The van der Waals surface area contributed by atoms with E-state index in [1.54, 1.807) is 12.3 Å². The molecule has 3 rings (SSSR count). The number of rotatable bonds is 5. The molecule has 108 valence electrons. The average Bonchev–Trinajstić information content (AvgIpc) is 3.30. The van der Waals surface area contributed by atoms with Crippen molar-refractivity contribution in [2.75, 3.05) is 24.5 Å². The van der Waals surface area contributed by atoms with Crippen LogP contribution in [0.1, 0.15) is 36.0 Å². The molecule has 0 bridgehead atoms. The first-order chi connectivity index (χ1) is 9.74. The van der Waals surface area contributed by atoms with Crippen LogP contribution in [0.5, 0.6) is 0 Å². The Balaban J connectivity index is 1.71. The van der Waals surface area contributed by atoms with Crippen molar-refractivity contribution in [1.29, 1.82) is 0 Å². The van der Waals surface area contributed by atoms with Crippen LogP contribution in [0, 0.1) is 5.92 Å². The fourth-order valence-corrected chi connectivity index (χ4v) is 2.86. The highest BCUT2D eigenvalue weighted by molar-refractivity contribution is 5.92. The van der Waals surface area contributed by atoms with Crippen molar-refractivity contribution in [2.45, 2.75) is 31.7 Å². The number of pyridine rings is 1. The summed E-state index contributed by atoms with van der Waals surface area (Å²) in [6.07, 6.45) is 6.58. The number of hydrogen-bond acceptors (Lipinski definition) is 4. The fourth-order valence-electron chi connectivity index (χ4n) is 2.86. The zero-order valence-electron chi connectivity index (χ0n) is 11.7. The number of nitrogens with two attached hydrogens (primary N) is 1. The highest BCUT2D eigenvalue weighted by atomic mass is 16.1. The molecule has 1 saturated heterocycles. The molecule has 0 unspecified atom stereocenters. The van der Waals surface area contributed by atoms with Crippen LogP contribution < -0.4 is 16.0 Å². The van der Waals surface area contributed by atoms with Crippen LogP contribution in [-0.2, 0) is 0 Å². The second-order valence-corrected chi connectivity index (χ2v) is 5.85. The van der Waals surface area contributed by atoms with E-state index in [9.17, 15) is 4.79 Å². The van der Waals surface area contributed by atoms with E-state index >= 15 is 0 Å². The van der Waals surface area contributed by atoms with E-state index in [1.165, 1.54) is 25.7 Å². The molecule has 20 heavy (non-hydrogen) atoms. The third-order valence-electron chi connectivity index (χ3n) is 4.23. The predicted octanol–water partition coefficient (Wildman–Crippen LogP) is 1.15. The molecule has 2 heterocycles. The molecule has 2 fully saturated rings. The zero-order chi connectivity index (χ0) is 13.9. The number of nitrogens with zero attached hydrogens (tertiary/aromatic N) is 2. The lowest BCUT2D eigenvalue weighted by Crippen LogP contribution is -2.37. The summed E-state index contributed by atoms with van der Waals surface area (Å²) in [6, 6.07) is 4.35. The van der Waals surface area contributed by atoms with E-state index in [4.69, 9.17) is 5.73 Å². The predicted molar refractivity (Wildman–Crippen MR) is 78.7 cm³/mol. The Kier molecular flexibility index (Phi) is 3.87. The van der Waals surface area contributed by atoms with E-state index in [1.807, 2.05) is 6.07 Å². The second-order valence-electron chi connectivity index (χ2n) is 5.85. The normalized spacial score (nSPS) is 19.8. The first kappa shape index (κ1) is 13.4. The van der Waals surface area contributed by atoms with Crippen LogP contribution in [0.25, 0.3) is 0 Å². The van der Waals surface area contributed by atoms with Gasteiger partial charge < -0.3 is 16.0 Å². The fraction of sp³-hybridized carbons (Fsp3) is 0.600. The minimum absolute atomic E-state index is 0.416. The molecule has 1 aliphatic carbocycles. The molecule has 0 atom stereocenters. The third kappa shape index (κ3) is 3.10. The first-order valence-corrected chi connectivity index (χ1v) is 7.47. The largest absolute Gasteiger partial charge is 0.366 e. The number of piperidine rings is 1. The molecule has 0 aromatic carbocycles. The van der Waals surface area contributed by atoms with Crippen molar-refractivity contribution < 1.29 is 4.79 Å². The van der Waals surface area contributed by atoms with Gasteiger partial charge in [-0.25, -0.2) is 4.98 Å². The summed E-state index contributed by atoms with van der Waals surface area (Å²) in [5.74, 6) is 1.31. The van der Waals surface area contributed by atoms with Gasteiger partial charge in [-0.1, -0.05) is 0 Å². The molecule has 1 saturated carbocycles. The van der Waals surface area contributed by atoms with Crippen LogP contribution in [0.3, 0.4) is 0 Å². The number of amides is 1. The summed E-state index contributed by atoms with van der Waals surface area (Å²) < 4.78 is 0. The Morgan fingerprint density at radius 1 is 1.30 bits per heavy atom. The van der Waals surface area contributed by atoms with Gasteiger partial charge in [0.1, 0.15) is 5.82 Å². The molecule has 1 aromatic rings. The van der Waals surface area contributed by atoms with Crippen molar-refractivity contribution in [3.63, 3.8) is 0 Å². The summed E-state index contributed by atoms with van der Waals surface area (Å²) >= 11 is 0. The van der Waals surface area contributed by atoms with Crippen LogP contribution in [0.15, 0.2) is 18.3 Å². The van der Waals surface area contributed by atoms with Gasteiger partial charge in [-0.2, -0.15) is 0 Å². The smallest absolute Gasteiger partial charge is 0.250 e. The van der Waals surface area contributed by atoms with Gasteiger partial charge in [-0.3, -0.25) is 4.79 Å². The van der Waals surface area contributed by atoms with E-state index in [0.29, 0.717) is 11.6 Å². The molecule has 2 aliphatic rings. The Labute approximate surface area is 119 Å². The van der Waals surface area contributed by atoms with Crippen molar-refractivity contribution >= 4 is 11.7 Å². The summed E-state index contributed by atoms with van der Waals surface area (Å²) in [5.41, 5.74) is 5.74.